The van der Waals surface area contributed by atoms with E-state index in [1.54, 1.807) is 0 Å². The van der Waals surface area contributed by atoms with Gasteiger partial charge in [-0.25, -0.2) is 0 Å². The molecule has 58 valence electrons. The Kier molecular flexibility index (Phi) is 1.72. The van der Waals surface area contributed by atoms with Crippen molar-refractivity contribution in [2.45, 2.75) is 23.0 Å². The van der Waals surface area contributed by atoms with Crippen molar-refractivity contribution in [3.8, 4) is 0 Å². The lowest BCUT2D eigenvalue weighted by Crippen LogP contribution is -2.46. The van der Waals surface area contributed by atoms with Gasteiger partial charge in [-0.2, -0.15) is 0 Å². The zero-order valence-electron chi connectivity index (χ0n) is 4.97. The summed E-state index contributed by atoms with van der Waals surface area (Å²) in [5, 5.41) is 17.9. The number of carbonyl (C=O) groups is 1. The van der Waals surface area contributed by atoms with E-state index in [4.69, 9.17) is 33.4 Å². The lowest BCUT2D eigenvalue weighted by Gasteiger charge is -2.23. The maximum Gasteiger partial charge on any atom is 0.258 e. The Morgan fingerprint density at radius 3 is 2.00 bits per heavy atom. The van der Waals surface area contributed by atoms with Crippen LogP contribution in [0.25, 0.3) is 0 Å². The molecule has 0 radical (unpaired) electrons. The van der Waals surface area contributed by atoms with Crippen molar-refractivity contribution in [2.24, 2.45) is 0 Å². The summed E-state index contributed by atoms with van der Waals surface area (Å²) in [4.78, 5) is 10.6. The van der Waals surface area contributed by atoms with Crippen LogP contribution in [0, 0.1) is 0 Å². The third kappa shape index (κ3) is 0.937. The third-order valence-electron chi connectivity index (χ3n) is 1.56. The molecule has 3 nitrogen and oxygen atoms in total. The maximum absolute atomic E-state index is 10.6. The van der Waals surface area contributed by atoms with E-state index in [1.165, 1.54) is 0 Å². The van der Waals surface area contributed by atoms with E-state index in [9.17, 15) is 4.79 Å². The molecule has 0 aliphatic heterocycles. The van der Waals surface area contributed by atoms with Crippen LogP contribution in [0.5, 0.6) is 0 Å². The van der Waals surface area contributed by atoms with Gasteiger partial charge in [-0.15, -0.1) is 0 Å². The molecule has 0 aromatic rings. The first-order valence-corrected chi connectivity index (χ1v) is 3.49. The van der Waals surface area contributed by atoms with Gasteiger partial charge in [-0.3, -0.25) is 4.79 Å². The molecule has 0 spiro atoms. The second kappa shape index (κ2) is 2.08. The van der Waals surface area contributed by atoms with E-state index in [0.29, 0.717) is 0 Å². The van der Waals surface area contributed by atoms with Crippen molar-refractivity contribution in [3.05, 3.63) is 0 Å². The quantitative estimate of drug-likeness (QED) is 0.418. The summed E-state index contributed by atoms with van der Waals surface area (Å²) in [6, 6.07) is 0. The van der Waals surface area contributed by atoms with E-state index >= 15 is 0 Å². The Labute approximate surface area is 67.5 Å². The molecule has 10 heavy (non-hydrogen) atoms. The molecule has 0 saturated heterocycles. The molecule has 1 fully saturated rings. The number of aliphatic hydroxyl groups is 2. The molecule has 1 rings (SSSR count). The second-order valence-corrected chi connectivity index (χ2v) is 3.78. The van der Waals surface area contributed by atoms with E-state index in [1.807, 2.05) is 0 Å². The SMILES string of the molecule is O=C1CCC(Cl)(Cl)C1(O)O. The van der Waals surface area contributed by atoms with Crippen LogP contribution in [0.3, 0.4) is 0 Å². The fraction of sp³-hybridized carbons (Fsp3) is 0.800. The molecule has 0 heterocycles. The lowest BCUT2D eigenvalue weighted by atomic mass is 10.2. The highest BCUT2D eigenvalue weighted by Gasteiger charge is 2.57. The van der Waals surface area contributed by atoms with Crippen LogP contribution in [0.1, 0.15) is 12.8 Å². The largest absolute Gasteiger partial charge is 0.357 e. The van der Waals surface area contributed by atoms with Gasteiger partial charge in [0.05, 0.1) is 0 Å². The molecular weight excluding hydrogens is 179 g/mol. The Morgan fingerprint density at radius 2 is 1.90 bits per heavy atom. The molecule has 0 amide bonds. The average molecular weight is 185 g/mol. The van der Waals surface area contributed by atoms with Crippen LogP contribution in [0.15, 0.2) is 0 Å². The molecule has 0 unspecified atom stereocenters. The highest BCUT2D eigenvalue weighted by molar-refractivity contribution is 6.51. The smallest absolute Gasteiger partial charge is 0.258 e. The highest BCUT2D eigenvalue weighted by Crippen LogP contribution is 2.43. The molecule has 1 saturated carbocycles. The van der Waals surface area contributed by atoms with Crippen LogP contribution in [0.2, 0.25) is 0 Å². The second-order valence-electron chi connectivity index (χ2n) is 2.30. The Morgan fingerprint density at radius 1 is 1.40 bits per heavy atom. The van der Waals surface area contributed by atoms with Gasteiger partial charge >= 0.3 is 0 Å². The van der Waals surface area contributed by atoms with Crippen LogP contribution in [-0.4, -0.2) is 26.1 Å². The summed E-state index contributed by atoms with van der Waals surface area (Å²) < 4.78 is -1.73. The van der Waals surface area contributed by atoms with Crippen molar-refractivity contribution in [3.63, 3.8) is 0 Å². The van der Waals surface area contributed by atoms with Gasteiger partial charge < -0.3 is 10.2 Å². The summed E-state index contributed by atoms with van der Waals surface area (Å²) in [5.41, 5.74) is 0. The topological polar surface area (TPSA) is 57.5 Å². The molecule has 0 bridgehead atoms. The zero-order chi connectivity index (χ0) is 7.99. The van der Waals surface area contributed by atoms with Crippen molar-refractivity contribution in [1.29, 1.82) is 0 Å². The van der Waals surface area contributed by atoms with E-state index in [0.717, 1.165) is 0 Å². The summed E-state index contributed by atoms with van der Waals surface area (Å²) >= 11 is 10.8. The number of carbonyl (C=O) groups excluding carboxylic acids is 1. The summed E-state index contributed by atoms with van der Waals surface area (Å²) in [5.74, 6) is -3.28. The van der Waals surface area contributed by atoms with Crippen molar-refractivity contribution in [1.82, 2.24) is 0 Å². The van der Waals surface area contributed by atoms with Crippen molar-refractivity contribution >= 4 is 29.0 Å². The number of hydrogen-bond acceptors (Lipinski definition) is 3. The molecule has 0 atom stereocenters. The summed E-state index contributed by atoms with van der Waals surface area (Å²) in [6.07, 6.45) is 0.0992. The number of Topliss-reactive ketones (excluding diaryl/α,β-unsaturated/α-hetero) is 1. The molecule has 1 aliphatic carbocycles. The summed E-state index contributed by atoms with van der Waals surface area (Å²) in [7, 11) is 0. The standard InChI is InChI=1S/C5H6Cl2O3/c6-4(7)2-1-3(8)5(4,9)10/h9-10H,1-2H2. The first-order chi connectivity index (χ1) is 4.38. The Balaban J connectivity index is 2.95. The predicted molar refractivity (Wildman–Crippen MR) is 35.8 cm³/mol. The highest BCUT2D eigenvalue weighted by atomic mass is 35.5. The van der Waals surface area contributed by atoms with Crippen LogP contribution in [-0.2, 0) is 4.79 Å². The third-order valence-corrected chi connectivity index (χ3v) is 2.47. The molecule has 5 heteroatoms. The predicted octanol–water partition coefficient (Wildman–Crippen LogP) is 0.204. The van der Waals surface area contributed by atoms with Gasteiger partial charge in [-0.05, 0) is 6.42 Å². The van der Waals surface area contributed by atoms with Crippen molar-refractivity contribution < 1.29 is 15.0 Å². The lowest BCUT2D eigenvalue weighted by molar-refractivity contribution is -0.177. The van der Waals surface area contributed by atoms with Gasteiger partial charge in [0.15, 0.2) is 10.1 Å². The van der Waals surface area contributed by atoms with Gasteiger partial charge in [0.1, 0.15) is 0 Å². The van der Waals surface area contributed by atoms with Gasteiger partial charge in [-0.1, -0.05) is 23.2 Å². The zero-order valence-corrected chi connectivity index (χ0v) is 6.48. The first-order valence-electron chi connectivity index (χ1n) is 2.74. The molecular formula is C5H6Cl2O3. The fourth-order valence-corrected chi connectivity index (χ4v) is 1.22. The van der Waals surface area contributed by atoms with E-state index < -0.39 is 15.9 Å². The number of alkyl halides is 2. The molecule has 0 aromatic heterocycles. The minimum absolute atomic E-state index is 0.0139. The van der Waals surface area contributed by atoms with Crippen LogP contribution in [0.4, 0.5) is 0 Å². The number of hydrogen-bond donors (Lipinski definition) is 2. The summed E-state index contributed by atoms with van der Waals surface area (Å²) in [6.45, 7) is 0. The van der Waals surface area contributed by atoms with E-state index in [2.05, 4.69) is 0 Å². The normalized spacial score (nSPS) is 29.0. The number of ketones is 1. The number of halogens is 2. The molecule has 2 N–H and O–H groups in total. The van der Waals surface area contributed by atoms with E-state index in [-0.39, 0.29) is 12.8 Å². The van der Waals surface area contributed by atoms with Gasteiger partial charge in [0, 0.05) is 6.42 Å². The first kappa shape index (κ1) is 8.27. The van der Waals surface area contributed by atoms with Crippen LogP contribution < -0.4 is 0 Å². The number of rotatable bonds is 0. The minimum Gasteiger partial charge on any atom is -0.357 e. The maximum atomic E-state index is 10.6. The van der Waals surface area contributed by atoms with Gasteiger partial charge in [0.2, 0.25) is 0 Å². The molecule has 1 aliphatic rings. The molecule has 0 aromatic carbocycles. The van der Waals surface area contributed by atoms with Crippen LogP contribution >= 0.6 is 23.2 Å². The Hall–Kier alpha value is 0.170. The minimum atomic E-state index is -2.56. The Bertz CT molecular complexity index is 176. The fourth-order valence-electron chi connectivity index (χ4n) is 0.823. The monoisotopic (exact) mass is 184 g/mol. The van der Waals surface area contributed by atoms with Crippen molar-refractivity contribution in [2.75, 3.05) is 0 Å². The average Bonchev–Trinajstić information content (AvgIpc) is 1.94. The van der Waals surface area contributed by atoms with Gasteiger partial charge in [0.25, 0.3) is 5.79 Å².